The third kappa shape index (κ3) is 2.94. The fraction of sp³-hybridized carbons (Fsp3) is 0.250. The Hall–Kier alpha value is -1.28. The monoisotopic (exact) mass is 304 g/mol. The summed E-state index contributed by atoms with van der Waals surface area (Å²) in [5, 5.41) is 0. The van der Waals surface area contributed by atoms with Crippen LogP contribution in [0.2, 0.25) is 0 Å². The highest BCUT2D eigenvalue weighted by atomic mass is 79.9. The molecule has 0 fully saturated rings. The number of halogens is 1. The average molecular weight is 305 g/mol. The van der Waals surface area contributed by atoms with Gasteiger partial charge in [0, 0.05) is 10.4 Å². The zero-order valence-electron chi connectivity index (χ0n) is 10.7. The topological polar surface area (TPSA) is 9.23 Å². The van der Waals surface area contributed by atoms with E-state index in [4.69, 9.17) is 4.74 Å². The highest BCUT2D eigenvalue weighted by Gasteiger charge is 2.12. The molecule has 2 rings (SSSR count). The van der Waals surface area contributed by atoms with Crippen LogP contribution in [0.15, 0.2) is 53.0 Å². The van der Waals surface area contributed by atoms with E-state index in [2.05, 4.69) is 59.3 Å². The minimum Gasteiger partial charge on any atom is -0.497 e. The molecule has 1 atom stereocenters. The van der Waals surface area contributed by atoms with Gasteiger partial charge in [0.05, 0.1) is 7.11 Å². The van der Waals surface area contributed by atoms with E-state index >= 15 is 0 Å². The lowest BCUT2D eigenvalue weighted by molar-refractivity contribution is 0.414. The van der Waals surface area contributed by atoms with Crippen LogP contribution in [-0.2, 0) is 0 Å². The Morgan fingerprint density at radius 1 is 1.06 bits per heavy atom. The van der Waals surface area contributed by atoms with Gasteiger partial charge >= 0.3 is 0 Å². The molecule has 1 nitrogen and oxygen atoms in total. The van der Waals surface area contributed by atoms with Crippen molar-refractivity contribution in [2.75, 3.05) is 7.11 Å². The van der Waals surface area contributed by atoms with E-state index in [1.54, 1.807) is 7.11 Å². The Bertz CT molecular complexity index is 505. The molecule has 0 radical (unpaired) electrons. The van der Waals surface area contributed by atoms with E-state index in [1.807, 2.05) is 12.1 Å². The number of ether oxygens (including phenoxy) is 1. The summed E-state index contributed by atoms with van der Waals surface area (Å²) in [4.78, 5) is 0. The molecule has 0 saturated heterocycles. The molecular weight excluding hydrogens is 288 g/mol. The van der Waals surface area contributed by atoms with Crippen molar-refractivity contribution in [3.05, 3.63) is 64.1 Å². The Morgan fingerprint density at radius 3 is 2.33 bits per heavy atom. The molecule has 18 heavy (non-hydrogen) atoms. The molecule has 0 aliphatic rings. The van der Waals surface area contributed by atoms with Crippen molar-refractivity contribution in [1.82, 2.24) is 0 Å². The van der Waals surface area contributed by atoms with Gasteiger partial charge in [-0.1, -0.05) is 47.1 Å². The summed E-state index contributed by atoms with van der Waals surface area (Å²) in [7, 11) is 1.70. The fourth-order valence-corrected chi connectivity index (χ4v) is 2.64. The summed E-state index contributed by atoms with van der Waals surface area (Å²) in [6.45, 7) is 2.22. The molecular formula is C16H17BrO. The van der Waals surface area contributed by atoms with Gasteiger partial charge in [-0.15, -0.1) is 0 Å². The Morgan fingerprint density at radius 2 is 1.78 bits per heavy atom. The normalized spacial score (nSPS) is 12.2. The summed E-state index contributed by atoms with van der Waals surface area (Å²) < 4.78 is 6.33. The van der Waals surface area contributed by atoms with Gasteiger partial charge in [-0.25, -0.2) is 0 Å². The zero-order chi connectivity index (χ0) is 13.0. The molecule has 0 spiro atoms. The van der Waals surface area contributed by atoms with Crippen LogP contribution in [0.5, 0.6) is 5.75 Å². The van der Waals surface area contributed by atoms with E-state index in [1.165, 1.54) is 11.1 Å². The maximum Gasteiger partial charge on any atom is 0.118 e. The van der Waals surface area contributed by atoms with Gasteiger partial charge in [-0.2, -0.15) is 0 Å². The van der Waals surface area contributed by atoms with Gasteiger partial charge in [0.2, 0.25) is 0 Å². The predicted molar refractivity (Wildman–Crippen MR) is 79.3 cm³/mol. The van der Waals surface area contributed by atoms with Gasteiger partial charge in [0.25, 0.3) is 0 Å². The Kier molecular flexibility index (Phi) is 4.43. The minimum absolute atomic E-state index is 0.438. The molecule has 0 bridgehead atoms. The first-order valence-corrected chi connectivity index (χ1v) is 6.93. The van der Waals surface area contributed by atoms with Gasteiger partial charge < -0.3 is 4.74 Å². The van der Waals surface area contributed by atoms with Crippen LogP contribution in [0, 0.1) is 0 Å². The van der Waals surface area contributed by atoms with Crippen LogP contribution >= 0.6 is 15.9 Å². The van der Waals surface area contributed by atoms with Crippen molar-refractivity contribution in [2.24, 2.45) is 0 Å². The van der Waals surface area contributed by atoms with Crippen molar-refractivity contribution in [2.45, 2.75) is 19.3 Å². The molecule has 0 aliphatic carbocycles. The first-order chi connectivity index (χ1) is 8.74. The van der Waals surface area contributed by atoms with Crippen LogP contribution in [0.4, 0.5) is 0 Å². The molecule has 2 aromatic carbocycles. The fourth-order valence-electron chi connectivity index (χ4n) is 2.22. The number of benzene rings is 2. The van der Waals surface area contributed by atoms with Crippen LogP contribution in [0.3, 0.4) is 0 Å². The van der Waals surface area contributed by atoms with Crippen molar-refractivity contribution in [1.29, 1.82) is 0 Å². The molecule has 0 aliphatic heterocycles. The molecule has 0 saturated carbocycles. The summed E-state index contributed by atoms with van der Waals surface area (Å²) in [5.41, 5.74) is 2.67. The molecule has 0 aromatic heterocycles. The number of hydrogen-bond acceptors (Lipinski definition) is 1. The summed E-state index contributed by atoms with van der Waals surface area (Å²) in [6, 6.07) is 16.9. The minimum atomic E-state index is 0.438. The van der Waals surface area contributed by atoms with E-state index < -0.39 is 0 Å². The van der Waals surface area contributed by atoms with Crippen molar-refractivity contribution < 1.29 is 4.74 Å². The summed E-state index contributed by atoms with van der Waals surface area (Å²) in [5.74, 6) is 1.34. The van der Waals surface area contributed by atoms with E-state index in [-0.39, 0.29) is 0 Å². The zero-order valence-corrected chi connectivity index (χ0v) is 12.3. The van der Waals surface area contributed by atoms with Crippen LogP contribution in [0.1, 0.15) is 30.4 Å². The van der Waals surface area contributed by atoms with Gasteiger partial charge in [-0.3, -0.25) is 0 Å². The van der Waals surface area contributed by atoms with Crippen molar-refractivity contribution in [3.63, 3.8) is 0 Å². The second kappa shape index (κ2) is 6.05. The lowest BCUT2D eigenvalue weighted by Crippen LogP contribution is -1.99. The smallest absolute Gasteiger partial charge is 0.118 e. The van der Waals surface area contributed by atoms with Crippen LogP contribution in [-0.4, -0.2) is 7.11 Å². The lowest BCUT2D eigenvalue weighted by Gasteiger charge is -2.16. The maximum atomic E-state index is 5.20. The predicted octanol–water partition coefficient (Wildman–Crippen LogP) is 5.00. The van der Waals surface area contributed by atoms with Crippen molar-refractivity contribution >= 4 is 15.9 Å². The number of hydrogen-bond donors (Lipinski definition) is 0. The summed E-state index contributed by atoms with van der Waals surface area (Å²) in [6.07, 6.45) is 1.09. The first kappa shape index (κ1) is 13.2. The second-order valence-corrected chi connectivity index (χ2v) is 5.20. The van der Waals surface area contributed by atoms with E-state index in [0.29, 0.717) is 5.92 Å². The van der Waals surface area contributed by atoms with Crippen molar-refractivity contribution in [3.8, 4) is 5.75 Å². The largest absolute Gasteiger partial charge is 0.497 e. The molecule has 0 N–H and O–H groups in total. The Balaban J connectivity index is 2.32. The molecule has 0 heterocycles. The highest BCUT2D eigenvalue weighted by Crippen LogP contribution is 2.30. The lowest BCUT2D eigenvalue weighted by atomic mass is 9.89. The van der Waals surface area contributed by atoms with Crippen LogP contribution in [0.25, 0.3) is 0 Å². The summed E-state index contributed by atoms with van der Waals surface area (Å²) >= 11 is 3.53. The second-order valence-electron chi connectivity index (χ2n) is 4.29. The first-order valence-electron chi connectivity index (χ1n) is 6.14. The molecule has 2 heteroatoms. The van der Waals surface area contributed by atoms with Gasteiger partial charge in [-0.05, 0) is 41.8 Å². The molecule has 94 valence electrons. The Labute approximate surface area is 117 Å². The third-order valence-electron chi connectivity index (χ3n) is 3.18. The van der Waals surface area contributed by atoms with Crippen LogP contribution < -0.4 is 4.74 Å². The molecule has 2 aromatic rings. The SMILES string of the molecule is CCC(c1ccc(OC)cc1)c1cccc(Br)c1. The van der Waals surface area contributed by atoms with Gasteiger partial charge in [0.15, 0.2) is 0 Å². The highest BCUT2D eigenvalue weighted by molar-refractivity contribution is 9.10. The maximum absolute atomic E-state index is 5.20. The number of rotatable bonds is 4. The number of methoxy groups -OCH3 is 1. The molecule has 1 unspecified atom stereocenters. The average Bonchev–Trinajstić information content (AvgIpc) is 2.40. The standard InChI is InChI=1S/C16H17BrO/c1-3-16(13-5-4-6-14(17)11-13)12-7-9-15(18-2)10-8-12/h4-11,16H,3H2,1-2H3. The van der Waals surface area contributed by atoms with E-state index in [9.17, 15) is 0 Å². The molecule has 0 amide bonds. The third-order valence-corrected chi connectivity index (χ3v) is 3.67. The quantitative estimate of drug-likeness (QED) is 0.772. The van der Waals surface area contributed by atoms with E-state index in [0.717, 1.165) is 16.6 Å². The van der Waals surface area contributed by atoms with Gasteiger partial charge in [0.1, 0.15) is 5.75 Å².